The van der Waals surface area contributed by atoms with Gasteiger partial charge in [0.25, 0.3) is 5.91 Å². The molecule has 0 heterocycles. The number of aliphatic hydroxyl groups is 1. The number of hydroxylamine groups is 1. The van der Waals surface area contributed by atoms with E-state index < -0.39 is 98.1 Å². The van der Waals surface area contributed by atoms with Gasteiger partial charge in [-0.3, -0.25) is 10.0 Å². The average molecular weight is 842 g/mol. The second-order valence-corrected chi connectivity index (χ2v) is 17.7. The van der Waals surface area contributed by atoms with Gasteiger partial charge in [0.2, 0.25) is 0 Å². The summed E-state index contributed by atoms with van der Waals surface area (Å²) in [6, 6.07) is 4.33. The highest BCUT2D eigenvalue weighted by Crippen LogP contribution is 2.64. The number of carbonyl (C=O) groups excluding carboxylic acids is 1. The monoisotopic (exact) mass is 841 g/mol. The standard InChI is InChI=1S/C30H36F17NO5Si/c1-17(2)54(18(3)4,53-15-14-52-20-11-9-19(10-12-20)21(49)7-5-6-8-22(50)48-51)16-13-23(31,32)24(33,34)25(35,36)26(37,38)27(39,40)28(41,42)29(43,44)30(45,46)47/h6,8-12,17-18,21,49,51H,5,7,13-16H2,1-4H3,(H,48,50)/b8-6+/t21-/m1/s1. The van der Waals surface area contributed by atoms with E-state index in [4.69, 9.17) is 14.4 Å². The maximum absolute atomic E-state index is 14.8. The van der Waals surface area contributed by atoms with Gasteiger partial charge in [-0.15, -0.1) is 0 Å². The minimum atomic E-state index is -8.68. The Morgan fingerprint density at radius 3 is 1.59 bits per heavy atom. The van der Waals surface area contributed by atoms with Crippen LogP contribution in [0.15, 0.2) is 36.4 Å². The zero-order valence-corrected chi connectivity index (χ0v) is 29.5. The lowest BCUT2D eigenvalue weighted by Crippen LogP contribution is -2.74. The Morgan fingerprint density at radius 1 is 0.722 bits per heavy atom. The predicted molar refractivity (Wildman–Crippen MR) is 157 cm³/mol. The molecule has 3 N–H and O–H groups in total. The molecule has 6 nitrogen and oxygen atoms in total. The molecule has 0 radical (unpaired) electrons. The van der Waals surface area contributed by atoms with Crippen LogP contribution in [0, 0.1) is 0 Å². The first-order valence-electron chi connectivity index (χ1n) is 15.5. The highest BCUT2D eigenvalue weighted by molar-refractivity contribution is 6.76. The second kappa shape index (κ2) is 17.1. The first-order valence-corrected chi connectivity index (χ1v) is 17.8. The summed E-state index contributed by atoms with van der Waals surface area (Å²) in [6.07, 6.45) is -8.56. The molecule has 0 fully saturated rings. The van der Waals surface area contributed by atoms with Crippen molar-refractivity contribution in [2.24, 2.45) is 0 Å². The summed E-state index contributed by atoms with van der Waals surface area (Å²) >= 11 is 0. The van der Waals surface area contributed by atoms with E-state index in [9.17, 15) is 84.5 Å². The summed E-state index contributed by atoms with van der Waals surface area (Å²) < 4.78 is 245. The molecule has 0 spiro atoms. The fourth-order valence-electron chi connectivity index (χ4n) is 5.18. The van der Waals surface area contributed by atoms with E-state index >= 15 is 0 Å². The second-order valence-electron chi connectivity index (χ2n) is 12.7. The summed E-state index contributed by atoms with van der Waals surface area (Å²) in [5, 5.41) is 18.7. The minimum Gasteiger partial charge on any atom is -0.491 e. The normalized spacial score (nSPS) is 15.4. The SMILES string of the molecule is CC(C)[Si](CCC(F)(F)C(F)(F)C(F)(F)C(F)(F)C(F)(F)C(F)(F)C(F)(F)C(F)(F)F)(OCCOc1ccc([C@H](O)CC/C=C/C(=O)NO)cc1)C(C)C. The third-order valence-corrected chi connectivity index (χ3v) is 14.2. The number of aliphatic hydroxyl groups excluding tert-OH is 1. The number of alkyl halides is 17. The van der Waals surface area contributed by atoms with Crippen LogP contribution in [-0.4, -0.2) is 85.4 Å². The summed E-state index contributed by atoms with van der Waals surface area (Å²) in [6.45, 7) is 4.39. The van der Waals surface area contributed by atoms with Crippen molar-refractivity contribution >= 4 is 14.2 Å². The number of carbonyl (C=O) groups is 1. The quantitative estimate of drug-likeness (QED) is 0.0287. The van der Waals surface area contributed by atoms with E-state index in [0.29, 0.717) is 5.56 Å². The van der Waals surface area contributed by atoms with Gasteiger partial charge in [-0.1, -0.05) is 45.9 Å². The highest BCUT2D eigenvalue weighted by atomic mass is 28.4. The number of rotatable bonds is 21. The molecule has 314 valence electrons. The van der Waals surface area contributed by atoms with Crippen LogP contribution in [0.2, 0.25) is 17.1 Å². The Kier molecular flexibility index (Phi) is 15.6. The van der Waals surface area contributed by atoms with Gasteiger partial charge in [0.05, 0.1) is 12.7 Å². The third kappa shape index (κ3) is 9.39. The first kappa shape index (κ1) is 49.2. The zero-order valence-electron chi connectivity index (χ0n) is 28.5. The van der Waals surface area contributed by atoms with Crippen LogP contribution in [0.3, 0.4) is 0 Å². The molecule has 24 heteroatoms. The Balaban J connectivity index is 3.18. The predicted octanol–water partition coefficient (Wildman–Crippen LogP) is 10.1. The summed E-state index contributed by atoms with van der Waals surface area (Å²) in [4.78, 5) is 10.9. The van der Waals surface area contributed by atoms with E-state index in [0.717, 1.165) is 6.08 Å². The molecule has 1 rings (SSSR count). The summed E-state index contributed by atoms with van der Waals surface area (Å²) in [7, 11) is -3.94. The molecule has 0 saturated carbocycles. The molecule has 1 aromatic rings. The van der Waals surface area contributed by atoms with Crippen molar-refractivity contribution in [2.45, 2.75) is 118 Å². The van der Waals surface area contributed by atoms with Crippen molar-refractivity contribution in [3.8, 4) is 5.75 Å². The van der Waals surface area contributed by atoms with Gasteiger partial charge in [0.1, 0.15) is 12.4 Å². The highest BCUT2D eigenvalue weighted by Gasteiger charge is 2.95. The summed E-state index contributed by atoms with van der Waals surface area (Å²) in [5.74, 6) is -57.3. The van der Waals surface area contributed by atoms with E-state index in [1.165, 1.54) is 63.5 Å². The van der Waals surface area contributed by atoms with Crippen molar-refractivity contribution in [3.05, 3.63) is 42.0 Å². The van der Waals surface area contributed by atoms with Crippen LogP contribution in [0.5, 0.6) is 5.75 Å². The van der Waals surface area contributed by atoms with Crippen LogP contribution in [0.25, 0.3) is 0 Å². The molecule has 1 aromatic carbocycles. The molecule has 0 aromatic heterocycles. The van der Waals surface area contributed by atoms with Crippen LogP contribution < -0.4 is 10.2 Å². The average Bonchev–Trinajstić information content (AvgIpc) is 3.04. The first-order chi connectivity index (χ1) is 24.2. The molecule has 0 aliphatic carbocycles. The number of ether oxygens (including phenoxy) is 1. The van der Waals surface area contributed by atoms with Crippen LogP contribution in [0.4, 0.5) is 74.6 Å². The van der Waals surface area contributed by atoms with Gasteiger partial charge in [-0.2, -0.15) is 74.6 Å². The van der Waals surface area contributed by atoms with Gasteiger partial charge >= 0.3 is 47.6 Å². The maximum atomic E-state index is 14.8. The number of benzene rings is 1. The van der Waals surface area contributed by atoms with Gasteiger partial charge in [0.15, 0.2) is 8.32 Å². The minimum absolute atomic E-state index is 0.153. The van der Waals surface area contributed by atoms with E-state index in [1.54, 1.807) is 0 Å². The third-order valence-electron chi connectivity index (χ3n) is 8.55. The van der Waals surface area contributed by atoms with Crippen molar-refractivity contribution < 1.29 is 98.9 Å². The number of hydrogen-bond acceptors (Lipinski definition) is 5. The zero-order chi connectivity index (χ0) is 42.6. The number of allylic oxidation sites excluding steroid dienone is 1. The van der Waals surface area contributed by atoms with Gasteiger partial charge in [-0.05, 0) is 47.7 Å². The lowest BCUT2D eigenvalue weighted by molar-refractivity contribution is -0.461. The fraction of sp³-hybridized carbons (Fsp3) is 0.700. The molecule has 1 amide bonds. The van der Waals surface area contributed by atoms with Crippen molar-refractivity contribution in [3.63, 3.8) is 0 Å². The van der Waals surface area contributed by atoms with E-state index in [1.807, 2.05) is 0 Å². The van der Waals surface area contributed by atoms with E-state index in [2.05, 4.69) is 0 Å². The molecule has 0 aliphatic rings. The van der Waals surface area contributed by atoms with Crippen LogP contribution >= 0.6 is 0 Å². The molecule has 0 saturated heterocycles. The topological polar surface area (TPSA) is 88.0 Å². The van der Waals surface area contributed by atoms with Gasteiger partial charge in [-0.25, -0.2) is 5.48 Å². The van der Waals surface area contributed by atoms with Crippen molar-refractivity contribution in [1.82, 2.24) is 5.48 Å². The molecular formula is C30H36F17NO5Si. The summed E-state index contributed by atoms with van der Waals surface area (Å²) in [5.41, 5.74) is 0.0679. The van der Waals surface area contributed by atoms with Gasteiger partial charge in [0, 0.05) is 12.5 Å². The number of nitrogens with one attached hydrogen (secondary N) is 1. The lowest BCUT2D eigenvalue weighted by Gasteiger charge is -2.44. The smallest absolute Gasteiger partial charge is 0.460 e. The molecule has 1 atom stereocenters. The Hall–Kier alpha value is -2.86. The van der Waals surface area contributed by atoms with E-state index in [-0.39, 0.29) is 25.2 Å². The maximum Gasteiger partial charge on any atom is 0.460 e. The molecule has 0 unspecified atom stereocenters. The Labute approximate surface area is 297 Å². The molecular weight excluding hydrogens is 805 g/mol. The Morgan fingerprint density at radius 2 is 1.17 bits per heavy atom. The number of halogens is 17. The number of hydrogen-bond donors (Lipinski definition) is 3. The van der Waals surface area contributed by atoms with Gasteiger partial charge < -0.3 is 14.3 Å². The van der Waals surface area contributed by atoms with Crippen molar-refractivity contribution in [2.75, 3.05) is 13.2 Å². The molecule has 0 bridgehead atoms. The van der Waals surface area contributed by atoms with Crippen LogP contribution in [-0.2, 0) is 9.22 Å². The lowest BCUT2D eigenvalue weighted by atomic mass is 9.88. The van der Waals surface area contributed by atoms with Crippen LogP contribution in [0.1, 0.15) is 58.6 Å². The fourth-order valence-corrected chi connectivity index (χ4v) is 9.65. The Bertz CT molecular complexity index is 1400. The number of amides is 1. The molecule has 54 heavy (non-hydrogen) atoms. The largest absolute Gasteiger partial charge is 0.491 e. The van der Waals surface area contributed by atoms with Crippen molar-refractivity contribution in [1.29, 1.82) is 0 Å². The molecule has 0 aliphatic heterocycles.